The van der Waals surface area contributed by atoms with Crippen LogP contribution in [-0.4, -0.2) is 13.6 Å². The van der Waals surface area contributed by atoms with Gasteiger partial charge in [0.05, 0.1) is 7.11 Å². The fraction of sp³-hybridized carbons (Fsp3) is 0.222. The molecule has 0 radical (unpaired) electrons. The van der Waals surface area contributed by atoms with Crippen molar-refractivity contribution in [2.45, 2.75) is 6.92 Å². The zero-order valence-corrected chi connectivity index (χ0v) is 7.08. The van der Waals surface area contributed by atoms with Gasteiger partial charge in [-0.3, -0.25) is 4.79 Å². The van der Waals surface area contributed by atoms with Gasteiger partial charge in [-0.25, -0.2) is 4.39 Å². The molecule has 0 saturated carbocycles. The molecular formula is C9H11FO2. The lowest BCUT2D eigenvalue weighted by Gasteiger charge is -1.87. The normalized spacial score (nSPS) is 7.92. The molecular weight excluding hydrogens is 159 g/mol. The summed E-state index contributed by atoms with van der Waals surface area (Å²) in [7, 11) is 1.31. The van der Waals surface area contributed by atoms with Crippen molar-refractivity contribution in [1.82, 2.24) is 0 Å². The van der Waals surface area contributed by atoms with Gasteiger partial charge in [0.2, 0.25) is 0 Å². The highest BCUT2D eigenvalue weighted by molar-refractivity contribution is 5.36. The number of ether oxygens (including phenoxy) is 1. The van der Waals surface area contributed by atoms with E-state index in [1.807, 2.05) is 13.0 Å². The van der Waals surface area contributed by atoms with Gasteiger partial charge >= 0.3 is 0 Å². The number of rotatable bonds is 1. The highest BCUT2D eigenvalue weighted by atomic mass is 19.1. The maximum Gasteiger partial charge on any atom is 0.292 e. The summed E-state index contributed by atoms with van der Waals surface area (Å²) in [5, 5.41) is 0. The first-order valence-corrected chi connectivity index (χ1v) is 3.39. The van der Waals surface area contributed by atoms with E-state index in [-0.39, 0.29) is 5.82 Å². The van der Waals surface area contributed by atoms with Crippen LogP contribution < -0.4 is 0 Å². The minimum absolute atomic E-state index is 0.162. The van der Waals surface area contributed by atoms with Crippen LogP contribution >= 0.6 is 0 Å². The second-order valence-electron chi connectivity index (χ2n) is 2.13. The fourth-order valence-electron chi connectivity index (χ4n) is 0.606. The molecule has 0 aliphatic heterocycles. The maximum absolute atomic E-state index is 12.2. The van der Waals surface area contributed by atoms with Crippen molar-refractivity contribution in [3.63, 3.8) is 0 Å². The van der Waals surface area contributed by atoms with E-state index in [9.17, 15) is 4.39 Å². The maximum atomic E-state index is 12.2. The van der Waals surface area contributed by atoms with Gasteiger partial charge in [-0.05, 0) is 24.6 Å². The van der Waals surface area contributed by atoms with Crippen LogP contribution in [0, 0.1) is 12.7 Å². The van der Waals surface area contributed by atoms with Crippen LogP contribution in [0.2, 0.25) is 0 Å². The predicted octanol–water partition coefficient (Wildman–Crippen LogP) is 1.92. The third-order valence-electron chi connectivity index (χ3n) is 1.08. The Balaban J connectivity index is 0.000000261. The summed E-state index contributed by atoms with van der Waals surface area (Å²) < 4.78 is 16.0. The number of aryl methyl sites for hydroxylation is 1. The van der Waals surface area contributed by atoms with E-state index < -0.39 is 0 Å². The number of carbonyl (C=O) groups is 1. The van der Waals surface area contributed by atoms with Crippen LogP contribution in [0.4, 0.5) is 4.39 Å². The van der Waals surface area contributed by atoms with Gasteiger partial charge in [-0.1, -0.05) is 12.1 Å². The summed E-state index contributed by atoms with van der Waals surface area (Å²) in [6, 6.07) is 6.50. The lowest BCUT2D eigenvalue weighted by molar-refractivity contribution is -0.126. The lowest BCUT2D eigenvalue weighted by Crippen LogP contribution is -1.72. The first-order valence-electron chi connectivity index (χ1n) is 3.39. The Morgan fingerprint density at radius 1 is 1.50 bits per heavy atom. The van der Waals surface area contributed by atoms with Crippen LogP contribution in [-0.2, 0) is 9.53 Å². The first kappa shape index (κ1) is 10.6. The molecule has 66 valence electrons. The van der Waals surface area contributed by atoms with E-state index >= 15 is 0 Å². The Hall–Kier alpha value is -1.38. The molecule has 0 spiro atoms. The van der Waals surface area contributed by atoms with Gasteiger partial charge in [0.1, 0.15) is 5.82 Å². The molecule has 0 aliphatic rings. The third-order valence-corrected chi connectivity index (χ3v) is 1.08. The molecule has 0 fully saturated rings. The largest absolute Gasteiger partial charge is 0.471 e. The number of benzene rings is 1. The second-order valence-corrected chi connectivity index (χ2v) is 2.13. The van der Waals surface area contributed by atoms with E-state index in [2.05, 4.69) is 4.74 Å². The molecule has 1 aromatic rings. The van der Waals surface area contributed by atoms with Crippen LogP contribution in [0.25, 0.3) is 0 Å². The van der Waals surface area contributed by atoms with E-state index in [4.69, 9.17) is 4.79 Å². The number of hydrogen-bond donors (Lipinski definition) is 0. The zero-order valence-electron chi connectivity index (χ0n) is 7.08. The Labute approximate surface area is 71.0 Å². The van der Waals surface area contributed by atoms with Crippen LogP contribution in [0.3, 0.4) is 0 Å². The number of carbonyl (C=O) groups excluding carboxylic acids is 1. The van der Waals surface area contributed by atoms with Crippen molar-refractivity contribution in [1.29, 1.82) is 0 Å². The average molecular weight is 170 g/mol. The molecule has 0 N–H and O–H groups in total. The van der Waals surface area contributed by atoms with Gasteiger partial charge in [0.15, 0.2) is 0 Å². The molecule has 0 aliphatic carbocycles. The average Bonchev–Trinajstić information content (AvgIpc) is 2.04. The summed E-state index contributed by atoms with van der Waals surface area (Å²) in [5.41, 5.74) is 0.963. The summed E-state index contributed by atoms with van der Waals surface area (Å²) in [5.74, 6) is -0.162. The van der Waals surface area contributed by atoms with Crippen LogP contribution in [0.15, 0.2) is 24.3 Å². The lowest BCUT2D eigenvalue weighted by atomic mass is 10.2. The molecule has 3 heteroatoms. The predicted molar refractivity (Wildman–Crippen MR) is 44.2 cm³/mol. The van der Waals surface area contributed by atoms with Gasteiger partial charge in [0, 0.05) is 0 Å². The minimum atomic E-state index is -0.162. The monoisotopic (exact) mass is 170 g/mol. The molecule has 0 atom stereocenters. The molecule has 2 nitrogen and oxygen atoms in total. The zero-order chi connectivity index (χ0) is 9.40. The van der Waals surface area contributed by atoms with Crippen molar-refractivity contribution >= 4 is 6.47 Å². The minimum Gasteiger partial charge on any atom is -0.471 e. The van der Waals surface area contributed by atoms with Gasteiger partial charge in [-0.15, -0.1) is 0 Å². The van der Waals surface area contributed by atoms with Gasteiger partial charge < -0.3 is 4.74 Å². The molecule has 0 amide bonds. The summed E-state index contributed by atoms with van der Waals surface area (Å²) in [4.78, 5) is 8.95. The fourth-order valence-corrected chi connectivity index (χ4v) is 0.606. The SMILES string of the molecule is COC=O.Cc1cccc(F)c1. The van der Waals surface area contributed by atoms with Crippen molar-refractivity contribution in [3.8, 4) is 0 Å². The second kappa shape index (κ2) is 6.34. The highest BCUT2D eigenvalue weighted by Gasteiger charge is 1.84. The summed E-state index contributed by atoms with van der Waals surface area (Å²) in [6.07, 6.45) is 0. The smallest absolute Gasteiger partial charge is 0.292 e. The van der Waals surface area contributed by atoms with Crippen LogP contribution in [0.1, 0.15) is 5.56 Å². The van der Waals surface area contributed by atoms with E-state index in [0.29, 0.717) is 6.47 Å². The Bertz CT molecular complexity index is 218. The number of methoxy groups -OCH3 is 1. The van der Waals surface area contributed by atoms with Gasteiger partial charge in [-0.2, -0.15) is 0 Å². The number of hydrogen-bond acceptors (Lipinski definition) is 2. The highest BCUT2D eigenvalue weighted by Crippen LogP contribution is 1.99. The van der Waals surface area contributed by atoms with Crippen molar-refractivity contribution in [3.05, 3.63) is 35.6 Å². The summed E-state index contributed by atoms with van der Waals surface area (Å²) >= 11 is 0. The standard InChI is InChI=1S/C7H7F.C2H4O2/c1-6-3-2-4-7(8)5-6;1-4-2-3/h2-5H,1H3;2H,1H3. The van der Waals surface area contributed by atoms with E-state index in [1.165, 1.54) is 19.2 Å². The Morgan fingerprint density at radius 3 is 2.33 bits per heavy atom. The first-order chi connectivity index (χ1) is 5.70. The summed E-state index contributed by atoms with van der Waals surface area (Å²) in [6.45, 7) is 2.24. The third kappa shape index (κ3) is 5.41. The van der Waals surface area contributed by atoms with Crippen molar-refractivity contribution < 1.29 is 13.9 Å². The van der Waals surface area contributed by atoms with Gasteiger partial charge in [0.25, 0.3) is 6.47 Å². The Morgan fingerprint density at radius 2 is 2.08 bits per heavy atom. The molecule has 12 heavy (non-hydrogen) atoms. The van der Waals surface area contributed by atoms with E-state index in [1.54, 1.807) is 6.07 Å². The van der Waals surface area contributed by atoms with E-state index in [0.717, 1.165) is 5.56 Å². The Kier molecular flexibility index (Phi) is 5.61. The van der Waals surface area contributed by atoms with Crippen molar-refractivity contribution in [2.75, 3.05) is 7.11 Å². The molecule has 0 unspecified atom stereocenters. The molecule has 0 saturated heterocycles. The molecule has 0 heterocycles. The molecule has 0 aromatic heterocycles. The quantitative estimate of drug-likeness (QED) is 0.602. The topological polar surface area (TPSA) is 26.3 Å². The molecule has 1 aromatic carbocycles. The number of halogens is 1. The van der Waals surface area contributed by atoms with Crippen LogP contribution in [0.5, 0.6) is 0 Å². The van der Waals surface area contributed by atoms with Crippen molar-refractivity contribution in [2.24, 2.45) is 0 Å². The molecule has 1 rings (SSSR count). The molecule has 0 bridgehead atoms.